The van der Waals surface area contributed by atoms with E-state index in [0.717, 1.165) is 6.42 Å². The van der Waals surface area contributed by atoms with Gasteiger partial charge >= 0.3 is 0 Å². The van der Waals surface area contributed by atoms with Gasteiger partial charge in [0.05, 0.1) is 0 Å². The van der Waals surface area contributed by atoms with E-state index < -0.39 is 0 Å². The van der Waals surface area contributed by atoms with Crippen LogP contribution in [0, 0.1) is 0 Å². The van der Waals surface area contributed by atoms with Crippen molar-refractivity contribution in [1.82, 2.24) is 0 Å². The number of hydrogen-bond donors (Lipinski definition) is 0. The molecule has 0 spiro atoms. The summed E-state index contributed by atoms with van der Waals surface area (Å²) < 4.78 is 0. The molecule has 84 valence electrons. The molecule has 0 aliphatic carbocycles. The van der Waals surface area contributed by atoms with E-state index in [1.54, 1.807) is 0 Å². The Hall–Kier alpha value is -2.08. The third-order valence-corrected chi connectivity index (χ3v) is 2.68. The fourth-order valence-electron chi connectivity index (χ4n) is 1.69. The molecule has 0 unspecified atom stereocenters. The number of hydrogen-bond acceptors (Lipinski definition) is 0. The van der Waals surface area contributed by atoms with Gasteiger partial charge in [-0.1, -0.05) is 79.4 Å². The highest BCUT2D eigenvalue weighted by atomic mass is 14.0. The summed E-state index contributed by atoms with van der Waals surface area (Å²) in [5.74, 6) is 0. The van der Waals surface area contributed by atoms with Gasteiger partial charge in [-0.2, -0.15) is 0 Å². The molecule has 0 fully saturated rings. The molecular formula is C17H16. The fraction of sp³-hybridized carbons (Fsp3) is 0.0588. The Morgan fingerprint density at radius 3 is 2.18 bits per heavy atom. The first kappa shape index (κ1) is 11.4. The predicted octanol–water partition coefficient (Wildman–Crippen LogP) is 4.59. The maximum atomic E-state index is 3.75. The molecule has 2 aromatic rings. The van der Waals surface area contributed by atoms with E-state index >= 15 is 0 Å². The Bertz CT molecular complexity index is 489. The molecule has 17 heavy (non-hydrogen) atoms. The maximum absolute atomic E-state index is 3.75. The topological polar surface area (TPSA) is 0 Å². The van der Waals surface area contributed by atoms with E-state index in [-0.39, 0.29) is 0 Å². The van der Waals surface area contributed by atoms with Crippen molar-refractivity contribution < 1.29 is 0 Å². The van der Waals surface area contributed by atoms with Gasteiger partial charge in [0.1, 0.15) is 0 Å². The first-order valence-electron chi connectivity index (χ1n) is 5.81. The Morgan fingerprint density at radius 1 is 0.824 bits per heavy atom. The first-order valence-corrected chi connectivity index (χ1v) is 5.81. The minimum atomic E-state index is 0.965. The van der Waals surface area contributed by atoms with E-state index in [2.05, 4.69) is 67.3 Å². The largest absolute Gasteiger partial charge is 0.0985 e. The molecule has 0 aromatic heterocycles. The molecule has 0 heteroatoms. The van der Waals surface area contributed by atoms with Crippen molar-refractivity contribution in [3.8, 4) is 0 Å². The van der Waals surface area contributed by atoms with Gasteiger partial charge in [-0.15, -0.1) is 0 Å². The second kappa shape index (κ2) is 5.86. The fourth-order valence-corrected chi connectivity index (χ4v) is 1.69. The first-order chi connectivity index (χ1) is 8.38. The van der Waals surface area contributed by atoms with Crippen molar-refractivity contribution >= 4 is 12.2 Å². The molecule has 0 atom stereocenters. The number of benzene rings is 2. The zero-order chi connectivity index (χ0) is 11.9. The van der Waals surface area contributed by atoms with Crippen molar-refractivity contribution in [3.63, 3.8) is 0 Å². The van der Waals surface area contributed by atoms with Crippen molar-refractivity contribution in [1.29, 1.82) is 0 Å². The van der Waals surface area contributed by atoms with E-state index in [4.69, 9.17) is 0 Å². The summed E-state index contributed by atoms with van der Waals surface area (Å²) in [6, 6.07) is 18.8. The van der Waals surface area contributed by atoms with Crippen LogP contribution in [0.15, 0.2) is 67.3 Å². The van der Waals surface area contributed by atoms with Crippen molar-refractivity contribution in [3.05, 3.63) is 83.9 Å². The Labute approximate surface area is 103 Å². The summed E-state index contributed by atoms with van der Waals surface area (Å²) in [5.41, 5.74) is 3.73. The predicted molar refractivity (Wildman–Crippen MR) is 75.7 cm³/mol. The monoisotopic (exact) mass is 220 g/mol. The van der Waals surface area contributed by atoms with Crippen LogP contribution in [-0.4, -0.2) is 0 Å². The average molecular weight is 220 g/mol. The summed E-state index contributed by atoms with van der Waals surface area (Å²) in [5, 5.41) is 0. The van der Waals surface area contributed by atoms with Crippen molar-refractivity contribution in [2.75, 3.05) is 0 Å². The Morgan fingerprint density at radius 2 is 1.53 bits per heavy atom. The van der Waals surface area contributed by atoms with Gasteiger partial charge in [0.2, 0.25) is 0 Å². The third kappa shape index (κ3) is 3.46. The lowest BCUT2D eigenvalue weighted by Gasteiger charge is -1.97. The summed E-state index contributed by atoms with van der Waals surface area (Å²) in [6.45, 7) is 3.75. The van der Waals surface area contributed by atoms with E-state index in [1.165, 1.54) is 16.7 Å². The van der Waals surface area contributed by atoms with Crippen LogP contribution in [0.4, 0.5) is 0 Å². The van der Waals surface area contributed by atoms with Gasteiger partial charge in [-0.25, -0.2) is 0 Å². The number of rotatable bonds is 4. The molecule has 0 aliphatic heterocycles. The van der Waals surface area contributed by atoms with Crippen LogP contribution in [0.25, 0.3) is 12.2 Å². The molecule has 0 nitrogen and oxygen atoms in total. The highest BCUT2D eigenvalue weighted by molar-refractivity contribution is 5.50. The summed E-state index contributed by atoms with van der Waals surface area (Å²) in [6.07, 6.45) is 7.18. The second-order valence-corrected chi connectivity index (χ2v) is 3.96. The zero-order valence-electron chi connectivity index (χ0n) is 9.84. The molecule has 0 heterocycles. The Kier molecular flexibility index (Phi) is 3.93. The van der Waals surface area contributed by atoms with Gasteiger partial charge in [0.15, 0.2) is 0 Å². The maximum Gasteiger partial charge on any atom is -0.00941 e. The molecule has 0 saturated carbocycles. The Balaban J connectivity index is 1.97. The highest BCUT2D eigenvalue weighted by Crippen LogP contribution is 2.08. The van der Waals surface area contributed by atoms with Gasteiger partial charge in [0, 0.05) is 0 Å². The molecule has 0 aliphatic rings. The summed E-state index contributed by atoms with van der Waals surface area (Å²) in [7, 11) is 0. The smallest absolute Gasteiger partial charge is 0.00941 e. The molecular weight excluding hydrogens is 204 g/mol. The highest BCUT2D eigenvalue weighted by Gasteiger charge is 1.90. The SMILES string of the molecule is C=Cc1ccc(CC=Cc2ccccc2)cc1. The third-order valence-electron chi connectivity index (χ3n) is 2.68. The van der Waals surface area contributed by atoms with Crippen molar-refractivity contribution in [2.24, 2.45) is 0 Å². The van der Waals surface area contributed by atoms with E-state index in [9.17, 15) is 0 Å². The van der Waals surface area contributed by atoms with Gasteiger partial charge in [-0.3, -0.25) is 0 Å². The zero-order valence-corrected chi connectivity index (χ0v) is 9.84. The lowest BCUT2D eigenvalue weighted by Crippen LogP contribution is -1.81. The van der Waals surface area contributed by atoms with Gasteiger partial charge in [-0.05, 0) is 23.1 Å². The summed E-state index contributed by atoms with van der Waals surface area (Å²) in [4.78, 5) is 0. The van der Waals surface area contributed by atoms with E-state index in [1.807, 2.05) is 12.1 Å². The van der Waals surface area contributed by atoms with Gasteiger partial charge in [0.25, 0.3) is 0 Å². The van der Waals surface area contributed by atoms with Crippen LogP contribution < -0.4 is 0 Å². The lowest BCUT2D eigenvalue weighted by molar-refractivity contribution is 1.28. The summed E-state index contributed by atoms with van der Waals surface area (Å²) >= 11 is 0. The normalized spacial score (nSPS) is 10.6. The number of allylic oxidation sites excluding steroid dienone is 1. The molecule has 2 rings (SSSR count). The quantitative estimate of drug-likeness (QED) is 0.707. The lowest BCUT2D eigenvalue weighted by atomic mass is 10.1. The van der Waals surface area contributed by atoms with Crippen LogP contribution in [0.1, 0.15) is 16.7 Å². The van der Waals surface area contributed by atoms with Crippen LogP contribution >= 0.6 is 0 Å². The molecule has 0 N–H and O–H groups in total. The van der Waals surface area contributed by atoms with Crippen molar-refractivity contribution in [2.45, 2.75) is 6.42 Å². The minimum absolute atomic E-state index is 0.965. The van der Waals surface area contributed by atoms with Crippen LogP contribution in [0.3, 0.4) is 0 Å². The second-order valence-electron chi connectivity index (χ2n) is 3.96. The average Bonchev–Trinajstić information content (AvgIpc) is 2.41. The molecule has 0 saturated heterocycles. The molecule has 0 bridgehead atoms. The molecule has 2 aromatic carbocycles. The van der Waals surface area contributed by atoms with Crippen LogP contribution in [-0.2, 0) is 6.42 Å². The standard InChI is InChI=1S/C17H16/c1-2-15-11-13-17(14-12-15)10-6-9-16-7-4-3-5-8-16/h2-9,11-14H,1,10H2. The molecule has 0 amide bonds. The van der Waals surface area contributed by atoms with Crippen LogP contribution in [0.2, 0.25) is 0 Å². The van der Waals surface area contributed by atoms with E-state index in [0.29, 0.717) is 0 Å². The van der Waals surface area contributed by atoms with Crippen LogP contribution in [0.5, 0.6) is 0 Å². The van der Waals surface area contributed by atoms with Gasteiger partial charge < -0.3 is 0 Å². The molecule has 0 radical (unpaired) electrons. The minimum Gasteiger partial charge on any atom is -0.0985 e.